The highest BCUT2D eigenvalue weighted by Gasteiger charge is 2.23. The van der Waals surface area contributed by atoms with E-state index in [0.29, 0.717) is 0 Å². The van der Waals surface area contributed by atoms with Crippen molar-refractivity contribution in [1.29, 1.82) is 0 Å². The van der Waals surface area contributed by atoms with Crippen molar-refractivity contribution >= 4 is 27.3 Å². The summed E-state index contributed by atoms with van der Waals surface area (Å²) in [6.45, 7) is 3.97. The van der Waals surface area contributed by atoms with Crippen LogP contribution in [0.25, 0.3) is 10.1 Å². The zero-order valence-corrected chi connectivity index (χ0v) is 13.4. The second-order valence-electron chi connectivity index (χ2n) is 5.65. The molecule has 1 amide bonds. The second kappa shape index (κ2) is 6.10. The second-order valence-corrected chi connectivity index (χ2v) is 6.73. The number of piperazine rings is 1. The van der Waals surface area contributed by atoms with Gasteiger partial charge in [-0.2, -0.15) is 5.10 Å². The van der Waals surface area contributed by atoms with E-state index in [1.165, 1.54) is 11.0 Å². The third-order valence-corrected chi connectivity index (χ3v) is 5.24. The van der Waals surface area contributed by atoms with E-state index in [1.54, 1.807) is 11.3 Å². The van der Waals surface area contributed by atoms with Crippen molar-refractivity contribution in [2.75, 3.05) is 26.2 Å². The number of nitrogens with one attached hydrogen (secondary N) is 1. The summed E-state index contributed by atoms with van der Waals surface area (Å²) in [7, 11) is 0. The molecule has 0 radical (unpaired) electrons. The van der Waals surface area contributed by atoms with Gasteiger partial charge in [0.05, 0.1) is 11.4 Å². The molecule has 0 saturated carbocycles. The summed E-state index contributed by atoms with van der Waals surface area (Å²) in [4.78, 5) is 21.9. The van der Waals surface area contributed by atoms with Gasteiger partial charge in [-0.1, -0.05) is 18.2 Å². The standard InChI is InChI=1S/C16H17N5OS/c22-16(14-9-12-3-1-2-4-13(12)23-14)21-7-5-20(6-8-21)10-15-17-11-18-19-15/h1-4,9,11H,5-8,10H2,(H,17,18,19). The van der Waals surface area contributed by atoms with Crippen LogP contribution >= 0.6 is 11.3 Å². The Hall–Kier alpha value is -2.25. The van der Waals surface area contributed by atoms with E-state index in [-0.39, 0.29) is 5.91 Å². The highest BCUT2D eigenvalue weighted by molar-refractivity contribution is 7.20. The van der Waals surface area contributed by atoms with Crippen LogP contribution in [0.5, 0.6) is 0 Å². The Morgan fingerprint density at radius 1 is 1.22 bits per heavy atom. The lowest BCUT2D eigenvalue weighted by atomic mass is 10.2. The number of fused-ring (bicyclic) bond motifs is 1. The number of aromatic amines is 1. The third-order valence-electron chi connectivity index (χ3n) is 4.13. The van der Waals surface area contributed by atoms with Crippen molar-refractivity contribution in [2.45, 2.75) is 6.54 Å². The molecule has 1 N–H and O–H groups in total. The molecular weight excluding hydrogens is 310 g/mol. The minimum atomic E-state index is 0.144. The van der Waals surface area contributed by atoms with Gasteiger partial charge in [0.25, 0.3) is 5.91 Å². The fourth-order valence-electron chi connectivity index (χ4n) is 2.87. The number of hydrogen-bond acceptors (Lipinski definition) is 5. The molecule has 2 aromatic heterocycles. The Morgan fingerprint density at radius 2 is 2.04 bits per heavy atom. The lowest BCUT2D eigenvalue weighted by Gasteiger charge is -2.33. The van der Waals surface area contributed by atoms with Gasteiger partial charge in [-0.3, -0.25) is 14.8 Å². The molecule has 23 heavy (non-hydrogen) atoms. The minimum absolute atomic E-state index is 0.144. The van der Waals surface area contributed by atoms with E-state index < -0.39 is 0 Å². The average Bonchev–Trinajstić information content (AvgIpc) is 3.24. The largest absolute Gasteiger partial charge is 0.335 e. The topological polar surface area (TPSA) is 65.1 Å². The first kappa shape index (κ1) is 14.3. The van der Waals surface area contributed by atoms with Crippen molar-refractivity contribution < 1.29 is 4.79 Å². The first-order chi connectivity index (χ1) is 11.3. The van der Waals surface area contributed by atoms with E-state index in [0.717, 1.165) is 48.8 Å². The van der Waals surface area contributed by atoms with Gasteiger partial charge in [0.2, 0.25) is 0 Å². The number of H-pyrrole nitrogens is 1. The Bertz CT molecular complexity index is 772. The van der Waals surface area contributed by atoms with E-state index in [1.807, 2.05) is 23.1 Å². The number of aromatic nitrogens is 3. The summed E-state index contributed by atoms with van der Waals surface area (Å²) in [5, 5.41) is 7.89. The van der Waals surface area contributed by atoms with Crippen molar-refractivity contribution in [1.82, 2.24) is 25.0 Å². The maximum absolute atomic E-state index is 12.7. The molecule has 4 rings (SSSR count). The summed E-state index contributed by atoms with van der Waals surface area (Å²) in [5.41, 5.74) is 0. The van der Waals surface area contributed by atoms with Gasteiger partial charge in [0.1, 0.15) is 12.2 Å². The van der Waals surface area contributed by atoms with Crippen LogP contribution in [0.1, 0.15) is 15.5 Å². The van der Waals surface area contributed by atoms with Crippen LogP contribution in [0.15, 0.2) is 36.7 Å². The van der Waals surface area contributed by atoms with Crippen LogP contribution in [0.3, 0.4) is 0 Å². The van der Waals surface area contributed by atoms with Crippen LogP contribution in [0.2, 0.25) is 0 Å². The first-order valence-electron chi connectivity index (χ1n) is 7.64. The summed E-state index contributed by atoms with van der Waals surface area (Å²) >= 11 is 1.58. The molecule has 0 spiro atoms. The van der Waals surface area contributed by atoms with Gasteiger partial charge in [-0.25, -0.2) is 4.98 Å². The van der Waals surface area contributed by atoms with Gasteiger partial charge in [0.15, 0.2) is 0 Å². The zero-order valence-electron chi connectivity index (χ0n) is 12.6. The van der Waals surface area contributed by atoms with Crippen LogP contribution in [-0.4, -0.2) is 57.1 Å². The SMILES string of the molecule is O=C(c1cc2ccccc2s1)N1CCN(Cc2ncn[nH]2)CC1. The van der Waals surface area contributed by atoms with Crippen molar-refractivity contribution in [2.24, 2.45) is 0 Å². The fourth-order valence-corrected chi connectivity index (χ4v) is 3.90. The Kier molecular flexibility index (Phi) is 3.80. The van der Waals surface area contributed by atoms with Gasteiger partial charge in [0, 0.05) is 30.9 Å². The van der Waals surface area contributed by atoms with Crippen molar-refractivity contribution in [3.63, 3.8) is 0 Å². The summed E-state index contributed by atoms with van der Waals surface area (Å²) in [5.74, 6) is 1.01. The molecule has 7 heteroatoms. The summed E-state index contributed by atoms with van der Waals surface area (Å²) in [6, 6.07) is 10.1. The van der Waals surface area contributed by atoms with Gasteiger partial charge >= 0.3 is 0 Å². The zero-order chi connectivity index (χ0) is 15.6. The maximum atomic E-state index is 12.7. The minimum Gasteiger partial charge on any atom is -0.335 e. The molecule has 3 aromatic rings. The first-order valence-corrected chi connectivity index (χ1v) is 8.46. The molecule has 0 unspecified atom stereocenters. The van der Waals surface area contributed by atoms with E-state index >= 15 is 0 Å². The normalized spacial score (nSPS) is 16.1. The molecule has 1 fully saturated rings. The van der Waals surface area contributed by atoms with E-state index in [4.69, 9.17) is 0 Å². The Balaban J connectivity index is 1.40. The van der Waals surface area contributed by atoms with Crippen molar-refractivity contribution in [3.8, 4) is 0 Å². The van der Waals surface area contributed by atoms with Gasteiger partial charge in [-0.15, -0.1) is 11.3 Å². The van der Waals surface area contributed by atoms with Crippen molar-refractivity contribution in [3.05, 3.63) is 47.4 Å². The molecule has 0 atom stereocenters. The predicted molar refractivity (Wildman–Crippen MR) is 89.4 cm³/mol. The lowest BCUT2D eigenvalue weighted by Crippen LogP contribution is -2.48. The molecule has 0 aliphatic carbocycles. The van der Waals surface area contributed by atoms with Gasteiger partial charge in [-0.05, 0) is 17.5 Å². The van der Waals surface area contributed by atoms with E-state index in [9.17, 15) is 4.79 Å². The van der Waals surface area contributed by atoms with E-state index in [2.05, 4.69) is 32.2 Å². The number of amides is 1. The molecule has 118 valence electrons. The molecule has 0 bridgehead atoms. The molecule has 6 nitrogen and oxygen atoms in total. The summed E-state index contributed by atoms with van der Waals surface area (Å²) in [6.07, 6.45) is 1.52. The molecule has 1 aliphatic rings. The summed E-state index contributed by atoms with van der Waals surface area (Å²) < 4.78 is 1.17. The Morgan fingerprint density at radius 3 is 2.78 bits per heavy atom. The number of carbonyl (C=O) groups excluding carboxylic acids is 1. The lowest BCUT2D eigenvalue weighted by molar-refractivity contribution is 0.0630. The monoisotopic (exact) mass is 327 g/mol. The number of benzene rings is 1. The molecule has 1 aliphatic heterocycles. The van der Waals surface area contributed by atoms with Crippen LogP contribution in [-0.2, 0) is 6.54 Å². The number of rotatable bonds is 3. The molecule has 1 saturated heterocycles. The average molecular weight is 327 g/mol. The highest BCUT2D eigenvalue weighted by Crippen LogP contribution is 2.26. The quantitative estimate of drug-likeness (QED) is 0.799. The smallest absolute Gasteiger partial charge is 0.264 e. The predicted octanol–water partition coefficient (Wildman–Crippen LogP) is 1.98. The number of hydrogen-bond donors (Lipinski definition) is 1. The van der Waals surface area contributed by atoms with Crippen LogP contribution < -0.4 is 0 Å². The fraction of sp³-hybridized carbons (Fsp3) is 0.312. The highest BCUT2D eigenvalue weighted by atomic mass is 32.1. The number of carbonyl (C=O) groups is 1. The number of thiophene rings is 1. The van der Waals surface area contributed by atoms with Crippen LogP contribution in [0.4, 0.5) is 0 Å². The number of nitrogens with zero attached hydrogens (tertiary/aromatic N) is 4. The maximum Gasteiger partial charge on any atom is 0.264 e. The third kappa shape index (κ3) is 2.97. The molecule has 3 heterocycles. The molecular formula is C16H17N5OS. The van der Waals surface area contributed by atoms with Gasteiger partial charge < -0.3 is 4.90 Å². The van der Waals surface area contributed by atoms with Crippen LogP contribution in [0, 0.1) is 0 Å². The molecule has 1 aromatic carbocycles. The Labute approximate surface area is 137 Å².